The Morgan fingerprint density at radius 1 is 1.25 bits per heavy atom. The van der Waals surface area contributed by atoms with E-state index in [2.05, 4.69) is 18.3 Å². The molecule has 3 nitrogen and oxygen atoms in total. The zero-order valence-corrected chi connectivity index (χ0v) is 12.2. The lowest BCUT2D eigenvalue weighted by atomic mass is 9.94. The Kier molecular flexibility index (Phi) is 5.58. The number of aliphatic hydroxyl groups excluding tert-OH is 1. The first-order chi connectivity index (χ1) is 9.74. The molecule has 1 aliphatic carbocycles. The quantitative estimate of drug-likeness (QED) is 0.828. The molecule has 0 heterocycles. The van der Waals surface area contributed by atoms with Gasteiger partial charge in [-0.3, -0.25) is 0 Å². The SMILES string of the molecule is CC(NC1CCCCCC1CO)c1ccc(C#N)cc1. The van der Waals surface area contributed by atoms with Crippen LogP contribution in [0, 0.1) is 17.2 Å². The average molecular weight is 272 g/mol. The number of hydrogen-bond acceptors (Lipinski definition) is 3. The van der Waals surface area contributed by atoms with Crippen molar-refractivity contribution >= 4 is 0 Å². The summed E-state index contributed by atoms with van der Waals surface area (Å²) >= 11 is 0. The van der Waals surface area contributed by atoms with Gasteiger partial charge in [0.15, 0.2) is 0 Å². The Hall–Kier alpha value is -1.37. The lowest BCUT2D eigenvalue weighted by Crippen LogP contribution is -2.38. The van der Waals surface area contributed by atoms with Crippen LogP contribution in [0.3, 0.4) is 0 Å². The first kappa shape index (κ1) is 15.0. The van der Waals surface area contributed by atoms with Crippen LogP contribution in [0.15, 0.2) is 24.3 Å². The molecule has 0 aromatic heterocycles. The van der Waals surface area contributed by atoms with E-state index < -0.39 is 0 Å². The van der Waals surface area contributed by atoms with Gasteiger partial charge in [-0.05, 0) is 43.4 Å². The maximum Gasteiger partial charge on any atom is 0.0991 e. The van der Waals surface area contributed by atoms with E-state index in [1.165, 1.54) is 24.8 Å². The molecule has 1 saturated carbocycles. The highest BCUT2D eigenvalue weighted by Crippen LogP contribution is 2.25. The topological polar surface area (TPSA) is 56.0 Å². The standard InChI is InChI=1S/C17H24N2O/c1-13(15-9-7-14(11-18)8-10-15)19-17-6-4-2-3-5-16(17)12-20/h7-10,13,16-17,19-20H,2-6,12H2,1H3. The average Bonchev–Trinajstić information content (AvgIpc) is 2.72. The summed E-state index contributed by atoms with van der Waals surface area (Å²) in [7, 11) is 0. The van der Waals surface area contributed by atoms with Gasteiger partial charge >= 0.3 is 0 Å². The van der Waals surface area contributed by atoms with Gasteiger partial charge in [0.05, 0.1) is 11.6 Å². The molecule has 1 aliphatic rings. The third kappa shape index (κ3) is 3.82. The minimum absolute atomic E-state index is 0.250. The second-order valence-electron chi connectivity index (χ2n) is 5.81. The number of nitrogens with zero attached hydrogens (tertiary/aromatic N) is 1. The minimum atomic E-state index is 0.250. The highest BCUT2D eigenvalue weighted by Gasteiger charge is 2.24. The summed E-state index contributed by atoms with van der Waals surface area (Å²) in [4.78, 5) is 0. The van der Waals surface area contributed by atoms with Crippen LogP contribution in [0.25, 0.3) is 0 Å². The summed E-state index contributed by atoms with van der Waals surface area (Å²) in [6, 6.07) is 10.6. The van der Waals surface area contributed by atoms with Gasteiger partial charge in [-0.15, -0.1) is 0 Å². The monoisotopic (exact) mass is 272 g/mol. The van der Waals surface area contributed by atoms with Crippen LogP contribution >= 0.6 is 0 Å². The molecule has 1 aromatic rings. The number of nitriles is 1. The summed E-state index contributed by atoms with van der Waals surface area (Å²) in [6.45, 7) is 2.43. The Morgan fingerprint density at radius 2 is 1.95 bits per heavy atom. The molecule has 1 fully saturated rings. The molecule has 0 spiro atoms. The maximum absolute atomic E-state index is 9.56. The van der Waals surface area contributed by atoms with Crippen LogP contribution in [-0.4, -0.2) is 17.8 Å². The molecule has 2 rings (SSSR count). The Labute approximate surface area is 121 Å². The van der Waals surface area contributed by atoms with Crippen molar-refractivity contribution in [1.29, 1.82) is 5.26 Å². The minimum Gasteiger partial charge on any atom is -0.396 e. The molecule has 108 valence electrons. The number of aliphatic hydroxyl groups is 1. The first-order valence-corrected chi connectivity index (χ1v) is 7.61. The van der Waals surface area contributed by atoms with E-state index in [9.17, 15) is 5.11 Å². The largest absolute Gasteiger partial charge is 0.396 e. The highest BCUT2D eigenvalue weighted by atomic mass is 16.3. The molecule has 3 atom stereocenters. The van der Waals surface area contributed by atoms with Crippen molar-refractivity contribution in [2.24, 2.45) is 5.92 Å². The Morgan fingerprint density at radius 3 is 2.60 bits per heavy atom. The molecule has 0 radical (unpaired) electrons. The molecule has 0 aliphatic heterocycles. The van der Waals surface area contributed by atoms with E-state index in [1.807, 2.05) is 24.3 Å². The zero-order valence-electron chi connectivity index (χ0n) is 12.2. The van der Waals surface area contributed by atoms with Crippen LogP contribution in [0.1, 0.15) is 56.2 Å². The zero-order chi connectivity index (χ0) is 14.4. The van der Waals surface area contributed by atoms with Crippen molar-refractivity contribution < 1.29 is 5.11 Å². The van der Waals surface area contributed by atoms with Crippen LogP contribution in [0.4, 0.5) is 0 Å². The van der Waals surface area contributed by atoms with Crippen molar-refractivity contribution in [2.45, 2.75) is 51.1 Å². The molecule has 2 N–H and O–H groups in total. The van der Waals surface area contributed by atoms with E-state index in [4.69, 9.17) is 5.26 Å². The molecule has 0 bridgehead atoms. The third-order valence-electron chi connectivity index (χ3n) is 4.40. The van der Waals surface area contributed by atoms with E-state index >= 15 is 0 Å². The fraction of sp³-hybridized carbons (Fsp3) is 0.588. The van der Waals surface area contributed by atoms with Gasteiger partial charge in [-0.1, -0.05) is 31.4 Å². The molecular formula is C17H24N2O. The van der Waals surface area contributed by atoms with Crippen LogP contribution in [0.2, 0.25) is 0 Å². The van der Waals surface area contributed by atoms with Crippen LogP contribution < -0.4 is 5.32 Å². The fourth-order valence-electron chi connectivity index (χ4n) is 3.09. The van der Waals surface area contributed by atoms with Crippen molar-refractivity contribution in [3.8, 4) is 6.07 Å². The third-order valence-corrected chi connectivity index (χ3v) is 4.40. The van der Waals surface area contributed by atoms with Gasteiger partial charge in [0.1, 0.15) is 0 Å². The molecule has 20 heavy (non-hydrogen) atoms. The molecular weight excluding hydrogens is 248 g/mol. The van der Waals surface area contributed by atoms with E-state index in [-0.39, 0.29) is 12.6 Å². The summed E-state index contributed by atoms with van der Waals surface area (Å²) < 4.78 is 0. The molecule has 1 aromatic carbocycles. The first-order valence-electron chi connectivity index (χ1n) is 7.61. The van der Waals surface area contributed by atoms with E-state index in [0.717, 1.165) is 12.8 Å². The normalized spacial score (nSPS) is 24.6. The second-order valence-corrected chi connectivity index (χ2v) is 5.81. The van der Waals surface area contributed by atoms with E-state index in [1.54, 1.807) is 0 Å². The molecule has 3 unspecified atom stereocenters. The van der Waals surface area contributed by atoms with Crippen molar-refractivity contribution in [3.63, 3.8) is 0 Å². The Bertz CT molecular complexity index is 449. The van der Waals surface area contributed by atoms with Crippen molar-refractivity contribution in [1.82, 2.24) is 5.32 Å². The molecule has 0 saturated heterocycles. The summed E-state index contributed by atoms with van der Waals surface area (Å²) in [5.41, 5.74) is 1.90. The number of rotatable bonds is 4. The number of benzene rings is 1. The predicted octanol–water partition coefficient (Wildman–Crippen LogP) is 3.15. The molecule has 3 heteroatoms. The number of nitrogens with one attached hydrogen (secondary N) is 1. The maximum atomic E-state index is 9.56. The van der Waals surface area contributed by atoms with E-state index in [0.29, 0.717) is 17.5 Å². The fourth-order valence-corrected chi connectivity index (χ4v) is 3.09. The van der Waals surface area contributed by atoms with Crippen molar-refractivity contribution in [3.05, 3.63) is 35.4 Å². The summed E-state index contributed by atoms with van der Waals surface area (Å²) in [5, 5.41) is 22.1. The van der Waals surface area contributed by atoms with Crippen molar-refractivity contribution in [2.75, 3.05) is 6.61 Å². The summed E-state index contributed by atoms with van der Waals surface area (Å²) in [6.07, 6.45) is 6.02. The van der Waals surface area contributed by atoms with Gasteiger partial charge in [0.2, 0.25) is 0 Å². The lowest BCUT2D eigenvalue weighted by Gasteiger charge is -2.28. The highest BCUT2D eigenvalue weighted by molar-refractivity contribution is 5.32. The number of hydrogen-bond donors (Lipinski definition) is 2. The summed E-state index contributed by atoms with van der Waals surface area (Å²) in [5.74, 6) is 0.373. The van der Waals surface area contributed by atoms with Gasteiger partial charge in [0, 0.05) is 18.7 Å². The smallest absolute Gasteiger partial charge is 0.0991 e. The van der Waals surface area contributed by atoms with Gasteiger partial charge < -0.3 is 10.4 Å². The predicted molar refractivity (Wildman–Crippen MR) is 80.2 cm³/mol. The second kappa shape index (κ2) is 7.42. The van der Waals surface area contributed by atoms with Gasteiger partial charge in [-0.2, -0.15) is 5.26 Å². The Balaban J connectivity index is 2.01. The van der Waals surface area contributed by atoms with Gasteiger partial charge in [0.25, 0.3) is 0 Å². The van der Waals surface area contributed by atoms with Gasteiger partial charge in [-0.25, -0.2) is 0 Å². The lowest BCUT2D eigenvalue weighted by molar-refractivity contribution is 0.176. The molecule has 0 amide bonds. The van der Waals surface area contributed by atoms with Crippen LogP contribution in [-0.2, 0) is 0 Å². The van der Waals surface area contributed by atoms with Crippen LogP contribution in [0.5, 0.6) is 0 Å².